The largest absolute Gasteiger partial charge is 0.465 e. The molecule has 3 rings (SSSR count). The minimum absolute atomic E-state index is 0.208. The molecule has 7 nitrogen and oxygen atoms in total. The fourth-order valence-corrected chi connectivity index (χ4v) is 3.27. The monoisotopic (exact) mass is 382 g/mol. The van der Waals surface area contributed by atoms with Crippen molar-refractivity contribution < 1.29 is 14.3 Å². The van der Waals surface area contributed by atoms with E-state index >= 15 is 0 Å². The van der Waals surface area contributed by atoms with Gasteiger partial charge in [-0.2, -0.15) is 5.10 Å². The smallest absolute Gasteiger partial charge is 0.338 e. The number of halogens is 1. The molecule has 1 unspecified atom stereocenters. The van der Waals surface area contributed by atoms with Crippen LogP contribution in [-0.2, 0) is 9.47 Å². The van der Waals surface area contributed by atoms with Gasteiger partial charge in [0, 0.05) is 13.7 Å². The molecular weight excluding hydrogens is 364 g/mol. The molecule has 25 heavy (non-hydrogen) atoms. The fraction of sp³-hybridized carbons (Fsp3) is 0.438. The molecule has 0 bridgehead atoms. The van der Waals surface area contributed by atoms with Crippen LogP contribution in [0.1, 0.15) is 35.8 Å². The number of carbonyl (C=O) groups excluding carboxylic acids is 1. The van der Waals surface area contributed by atoms with Gasteiger partial charge in [0.25, 0.3) is 0 Å². The number of carbonyl (C=O) groups is 1. The van der Waals surface area contributed by atoms with Gasteiger partial charge in [-0.05, 0) is 43.6 Å². The Bertz CT molecular complexity index is 817. The lowest BCUT2D eigenvalue weighted by atomic mass is 10.1. The molecule has 0 aliphatic carbocycles. The molecule has 0 radical (unpaired) electrons. The third kappa shape index (κ3) is 3.56. The molecule has 1 aromatic heterocycles. The van der Waals surface area contributed by atoms with Crippen molar-refractivity contribution >= 4 is 51.5 Å². The van der Waals surface area contributed by atoms with Gasteiger partial charge in [0.15, 0.2) is 16.5 Å². The highest BCUT2D eigenvalue weighted by Crippen LogP contribution is 2.35. The van der Waals surface area contributed by atoms with Gasteiger partial charge in [-0.15, -0.1) is 0 Å². The number of nitrogens with one attached hydrogen (secondary N) is 2. The van der Waals surface area contributed by atoms with E-state index in [0.717, 1.165) is 19.3 Å². The van der Waals surface area contributed by atoms with E-state index in [4.69, 9.17) is 33.3 Å². The van der Waals surface area contributed by atoms with E-state index in [1.807, 2.05) is 0 Å². The normalized spacial score (nSPS) is 17.3. The number of esters is 1. The van der Waals surface area contributed by atoms with Crippen LogP contribution < -0.4 is 10.6 Å². The molecule has 1 aliphatic rings. The van der Waals surface area contributed by atoms with Crippen molar-refractivity contribution in [2.45, 2.75) is 25.5 Å². The average molecular weight is 383 g/mol. The highest BCUT2D eigenvalue weighted by molar-refractivity contribution is 7.80. The van der Waals surface area contributed by atoms with Crippen molar-refractivity contribution in [1.29, 1.82) is 0 Å². The third-order valence-electron chi connectivity index (χ3n) is 4.09. The summed E-state index contributed by atoms with van der Waals surface area (Å²) in [7, 11) is 3.05. The molecule has 1 saturated heterocycles. The quantitative estimate of drug-likeness (QED) is 0.623. The zero-order valence-electron chi connectivity index (χ0n) is 14.0. The number of benzene rings is 1. The van der Waals surface area contributed by atoms with Crippen molar-refractivity contribution in [2.75, 3.05) is 26.1 Å². The molecular formula is C16H19ClN4O3S. The van der Waals surface area contributed by atoms with Crippen LogP contribution in [0, 0.1) is 0 Å². The first-order chi connectivity index (χ1) is 12.0. The SMILES string of the molecule is CNC(=S)Nc1cc(C(=O)OC)cc2c1c(Cl)nn2C1CCCCO1. The number of nitrogens with zero attached hydrogens (tertiary/aromatic N) is 2. The van der Waals surface area contributed by atoms with Crippen LogP contribution in [0.3, 0.4) is 0 Å². The summed E-state index contributed by atoms with van der Waals surface area (Å²) in [5.74, 6) is -0.450. The summed E-state index contributed by atoms with van der Waals surface area (Å²) in [6.45, 7) is 0.676. The first kappa shape index (κ1) is 17.9. The van der Waals surface area contributed by atoms with Crippen LogP contribution >= 0.6 is 23.8 Å². The maximum Gasteiger partial charge on any atom is 0.338 e. The van der Waals surface area contributed by atoms with Gasteiger partial charge in [-0.1, -0.05) is 11.6 Å². The molecule has 1 fully saturated rings. The van der Waals surface area contributed by atoms with E-state index in [9.17, 15) is 4.79 Å². The van der Waals surface area contributed by atoms with Gasteiger partial charge in [0.05, 0.1) is 29.3 Å². The molecule has 0 amide bonds. The van der Waals surface area contributed by atoms with E-state index in [-0.39, 0.29) is 6.23 Å². The number of anilines is 1. The molecule has 2 aromatic rings. The minimum atomic E-state index is -0.450. The molecule has 134 valence electrons. The van der Waals surface area contributed by atoms with Crippen LogP contribution in [0.25, 0.3) is 10.9 Å². The number of fused-ring (bicyclic) bond motifs is 1. The predicted octanol–water partition coefficient (Wildman–Crippen LogP) is 3.09. The molecule has 1 aromatic carbocycles. The Morgan fingerprint density at radius 1 is 1.48 bits per heavy atom. The maximum absolute atomic E-state index is 12.1. The zero-order valence-corrected chi connectivity index (χ0v) is 15.5. The fourth-order valence-electron chi connectivity index (χ4n) is 2.88. The van der Waals surface area contributed by atoms with E-state index in [0.29, 0.717) is 39.0 Å². The third-order valence-corrected chi connectivity index (χ3v) is 4.66. The Kier molecular flexibility index (Phi) is 5.41. The van der Waals surface area contributed by atoms with Crippen molar-refractivity contribution in [1.82, 2.24) is 15.1 Å². The number of ether oxygens (including phenoxy) is 2. The zero-order chi connectivity index (χ0) is 18.0. The van der Waals surface area contributed by atoms with Gasteiger partial charge >= 0.3 is 5.97 Å². The number of hydrogen-bond acceptors (Lipinski definition) is 5. The van der Waals surface area contributed by atoms with E-state index < -0.39 is 5.97 Å². The summed E-state index contributed by atoms with van der Waals surface area (Å²) >= 11 is 11.6. The topological polar surface area (TPSA) is 77.4 Å². The van der Waals surface area contributed by atoms with Crippen molar-refractivity contribution in [3.05, 3.63) is 22.8 Å². The molecule has 1 aliphatic heterocycles. The van der Waals surface area contributed by atoms with Gasteiger partial charge in [0.2, 0.25) is 0 Å². The predicted molar refractivity (Wildman–Crippen MR) is 100 cm³/mol. The van der Waals surface area contributed by atoms with Crippen LogP contribution in [0.5, 0.6) is 0 Å². The van der Waals surface area contributed by atoms with E-state index in [2.05, 4.69) is 15.7 Å². The first-order valence-corrected chi connectivity index (χ1v) is 8.74. The summed E-state index contributed by atoms with van der Waals surface area (Å²) in [6.07, 6.45) is 2.71. The second-order valence-corrected chi connectivity index (χ2v) is 6.44. The number of rotatable bonds is 3. The van der Waals surface area contributed by atoms with Crippen LogP contribution in [0.2, 0.25) is 5.15 Å². The van der Waals surface area contributed by atoms with E-state index in [1.165, 1.54) is 7.11 Å². The van der Waals surface area contributed by atoms with Crippen LogP contribution in [0.4, 0.5) is 5.69 Å². The van der Waals surface area contributed by atoms with Crippen LogP contribution in [-0.4, -0.2) is 41.6 Å². The van der Waals surface area contributed by atoms with Gasteiger partial charge < -0.3 is 20.1 Å². The molecule has 2 heterocycles. The highest BCUT2D eigenvalue weighted by Gasteiger charge is 2.24. The van der Waals surface area contributed by atoms with Gasteiger partial charge in [0.1, 0.15) is 0 Å². The van der Waals surface area contributed by atoms with Crippen molar-refractivity contribution in [2.24, 2.45) is 0 Å². The molecule has 9 heteroatoms. The summed E-state index contributed by atoms with van der Waals surface area (Å²) in [5, 5.41) is 11.7. The number of methoxy groups -OCH3 is 1. The Hall–Kier alpha value is -1.90. The number of hydrogen-bond donors (Lipinski definition) is 2. The Balaban J connectivity index is 2.17. The van der Waals surface area contributed by atoms with Gasteiger partial charge in [-0.3, -0.25) is 0 Å². The molecule has 2 N–H and O–H groups in total. The van der Waals surface area contributed by atoms with Crippen LogP contribution in [0.15, 0.2) is 12.1 Å². The Morgan fingerprint density at radius 3 is 2.92 bits per heavy atom. The summed E-state index contributed by atoms with van der Waals surface area (Å²) in [6, 6.07) is 3.36. The molecule has 1 atom stereocenters. The second kappa shape index (κ2) is 7.55. The second-order valence-electron chi connectivity index (χ2n) is 5.67. The standard InChI is InChI=1S/C16H19ClN4O3S/c1-18-16(25)19-10-7-9(15(22)23-2)8-11-13(10)14(17)20-21(11)12-5-3-4-6-24-12/h7-8,12H,3-6H2,1-2H3,(H2,18,19,25). The first-order valence-electron chi connectivity index (χ1n) is 7.95. The lowest BCUT2D eigenvalue weighted by Gasteiger charge is -2.23. The Morgan fingerprint density at radius 2 is 2.28 bits per heavy atom. The number of aromatic nitrogens is 2. The average Bonchev–Trinajstić information content (AvgIpc) is 2.98. The number of thiocarbonyl (C=S) groups is 1. The lowest BCUT2D eigenvalue weighted by molar-refractivity contribution is -0.0366. The lowest BCUT2D eigenvalue weighted by Crippen LogP contribution is -2.24. The summed E-state index contributed by atoms with van der Waals surface area (Å²) in [4.78, 5) is 12.1. The molecule has 0 spiro atoms. The van der Waals surface area contributed by atoms with E-state index in [1.54, 1.807) is 23.9 Å². The summed E-state index contributed by atoms with van der Waals surface area (Å²) < 4.78 is 12.4. The van der Waals surface area contributed by atoms with Crippen molar-refractivity contribution in [3.63, 3.8) is 0 Å². The van der Waals surface area contributed by atoms with Gasteiger partial charge in [-0.25, -0.2) is 9.48 Å². The van der Waals surface area contributed by atoms with Crippen molar-refractivity contribution in [3.8, 4) is 0 Å². The maximum atomic E-state index is 12.1. The summed E-state index contributed by atoms with van der Waals surface area (Å²) in [5.41, 5.74) is 1.66. The highest BCUT2D eigenvalue weighted by atomic mass is 35.5. The minimum Gasteiger partial charge on any atom is -0.465 e. The Labute approximate surface area is 155 Å². The molecule has 0 saturated carbocycles.